The Morgan fingerprint density at radius 2 is 2.13 bits per heavy atom. The van der Waals surface area contributed by atoms with Crippen molar-refractivity contribution in [2.24, 2.45) is 5.92 Å². The lowest BCUT2D eigenvalue weighted by molar-refractivity contribution is 0.0931. The van der Waals surface area contributed by atoms with Gasteiger partial charge in [-0.15, -0.1) is 0 Å². The maximum absolute atomic E-state index is 11.6. The third-order valence-corrected chi connectivity index (χ3v) is 1.99. The van der Waals surface area contributed by atoms with Crippen LogP contribution in [0.5, 0.6) is 0 Å². The van der Waals surface area contributed by atoms with E-state index in [1.807, 2.05) is 25.1 Å². The summed E-state index contributed by atoms with van der Waals surface area (Å²) in [5.41, 5.74) is 7.35. The summed E-state index contributed by atoms with van der Waals surface area (Å²) in [5, 5.41) is 0. The first-order chi connectivity index (χ1) is 7.09. The first kappa shape index (κ1) is 11.7. The zero-order chi connectivity index (χ0) is 11.3. The quantitative estimate of drug-likeness (QED) is 0.739. The molecule has 0 fully saturated rings. The summed E-state index contributed by atoms with van der Waals surface area (Å²) in [6, 6.07) is 7.52. The van der Waals surface area contributed by atoms with Gasteiger partial charge in [0.05, 0.1) is 0 Å². The van der Waals surface area contributed by atoms with Crippen LogP contribution in [0, 0.1) is 12.8 Å². The predicted molar refractivity (Wildman–Crippen MR) is 61.5 cm³/mol. The standard InChI is InChI=1S/C12H18N2O/c1-9(2)8-13-14-12(15)11-6-4-5-10(3)7-11/h4-7,9,13H,8H2,1-3H3,(H,14,15). The predicted octanol–water partition coefficient (Wildman–Crippen LogP) is 1.89. The molecule has 0 saturated heterocycles. The molecule has 2 N–H and O–H groups in total. The average molecular weight is 206 g/mol. The van der Waals surface area contributed by atoms with E-state index < -0.39 is 0 Å². The molecule has 0 radical (unpaired) electrons. The molecule has 1 aromatic carbocycles. The first-order valence-corrected chi connectivity index (χ1v) is 5.19. The number of nitrogens with one attached hydrogen (secondary N) is 2. The number of amides is 1. The molecule has 0 spiro atoms. The number of carbonyl (C=O) groups is 1. The summed E-state index contributed by atoms with van der Waals surface area (Å²) in [7, 11) is 0. The number of hydrazine groups is 1. The fraction of sp³-hybridized carbons (Fsp3) is 0.417. The number of hydrogen-bond acceptors (Lipinski definition) is 2. The van der Waals surface area contributed by atoms with Crippen molar-refractivity contribution in [3.8, 4) is 0 Å². The lowest BCUT2D eigenvalue weighted by atomic mass is 10.1. The second kappa shape index (κ2) is 5.51. The fourth-order valence-electron chi connectivity index (χ4n) is 1.19. The van der Waals surface area contributed by atoms with Gasteiger partial charge in [-0.05, 0) is 25.0 Å². The highest BCUT2D eigenvalue weighted by molar-refractivity contribution is 5.93. The molecule has 0 unspecified atom stereocenters. The Morgan fingerprint density at radius 3 is 2.73 bits per heavy atom. The monoisotopic (exact) mass is 206 g/mol. The largest absolute Gasteiger partial charge is 0.287 e. The molecule has 15 heavy (non-hydrogen) atoms. The third kappa shape index (κ3) is 4.13. The Hall–Kier alpha value is -1.35. The second-order valence-corrected chi connectivity index (χ2v) is 4.10. The number of aryl methyl sites for hydroxylation is 1. The van der Waals surface area contributed by atoms with Gasteiger partial charge in [-0.1, -0.05) is 31.5 Å². The molecule has 0 aliphatic carbocycles. The van der Waals surface area contributed by atoms with Crippen LogP contribution in [-0.2, 0) is 0 Å². The van der Waals surface area contributed by atoms with Crippen LogP contribution in [0.4, 0.5) is 0 Å². The van der Waals surface area contributed by atoms with E-state index >= 15 is 0 Å². The van der Waals surface area contributed by atoms with Gasteiger partial charge < -0.3 is 0 Å². The third-order valence-electron chi connectivity index (χ3n) is 1.99. The van der Waals surface area contributed by atoms with E-state index in [9.17, 15) is 4.79 Å². The van der Waals surface area contributed by atoms with Gasteiger partial charge in [0, 0.05) is 12.1 Å². The van der Waals surface area contributed by atoms with Crippen LogP contribution in [0.2, 0.25) is 0 Å². The van der Waals surface area contributed by atoms with Crippen LogP contribution < -0.4 is 10.9 Å². The van der Waals surface area contributed by atoms with Crippen molar-refractivity contribution in [3.05, 3.63) is 35.4 Å². The molecular formula is C12H18N2O. The van der Waals surface area contributed by atoms with Crippen LogP contribution in [0.15, 0.2) is 24.3 Å². The van der Waals surface area contributed by atoms with Crippen molar-refractivity contribution in [1.82, 2.24) is 10.9 Å². The highest BCUT2D eigenvalue weighted by atomic mass is 16.2. The van der Waals surface area contributed by atoms with Crippen LogP contribution >= 0.6 is 0 Å². The Morgan fingerprint density at radius 1 is 1.40 bits per heavy atom. The number of carbonyl (C=O) groups excluding carboxylic acids is 1. The summed E-state index contributed by atoms with van der Waals surface area (Å²) >= 11 is 0. The molecule has 3 nitrogen and oxygen atoms in total. The second-order valence-electron chi connectivity index (χ2n) is 4.10. The van der Waals surface area contributed by atoms with Gasteiger partial charge >= 0.3 is 0 Å². The summed E-state index contributed by atoms with van der Waals surface area (Å²) in [5.74, 6) is 0.433. The molecular weight excluding hydrogens is 188 g/mol. The van der Waals surface area contributed by atoms with E-state index in [2.05, 4.69) is 24.7 Å². The molecule has 0 aliphatic rings. The zero-order valence-electron chi connectivity index (χ0n) is 9.50. The lowest BCUT2D eigenvalue weighted by Crippen LogP contribution is -2.39. The molecule has 1 rings (SSSR count). The van der Waals surface area contributed by atoms with E-state index in [1.165, 1.54) is 0 Å². The van der Waals surface area contributed by atoms with Gasteiger partial charge in [-0.3, -0.25) is 10.2 Å². The van der Waals surface area contributed by atoms with Crippen LogP contribution in [0.1, 0.15) is 29.8 Å². The molecule has 0 saturated carbocycles. The van der Waals surface area contributed by atoms with E-state index in [0.717, 1.165) is 12.1 Å². The molecule has 0 aliphatic heterocycles. The molecule has 0 heterocycles. The van der Waals surface area contributed by atoms with Crippen molar-refractivity contribution in [3.63, 3.8) is 0 Å². The van der Waals surface area contributed by atoms with Gasteiger partial charge in [0.25, 0.3) is 5.91 Å². The van der Waals surface area contributed by atoms with Crippen molar-refractivity contribution >= 4 is 5.91 Å². The van der Waals surface area contributed by atoms with Crippen molar-refractivity contribution in [2.45, 2.75) is 20.8 Å². The average Bonchev–Trinajstić information content (AvgIpc) is 2.17. The Kier molecular flexibility index (Phi) is 4.31. The maximum atomic E-state index is 11.6. The number of rotatable bonds is 4. The van der Waals surface area contributed by atoms with Gasteiger partial charge in [-0.25, -0.2) is 5.43 Å². The summed E-state index contributed by atoms with van der Waals surface area (Å²) in [4.78, 5) is 11.6. The van der Waals surface area contributed by atoms with E-state index in [-0.39, 0.29) is 5.91 Å². The Labute approximate surface area is 90.9 Å². The highest BCUT2D eigenvalue weighted by Gasteiger charge is 2.04. The Bertz CT molecular complexity index is 334. The maximum Gasteiger partial charge on any atom is 0.265 e. The Balaban J connectivity index is 2.47. The van der Waals surface area contributed by atoms with Crippen molar-refractivity contribution in [2.75, 3.05) is 6.54 Å². The van der Waals surface area contributed by atoms with Crippen LogP contribution in [0.25, 0.3) is 0 Å². The minimum absolute atomic E-state index is 0.0839. The van der Waals surface area contributed by atoms with Gasteiger partial charge in [0.15, 0.2) is 0 Å². The number of benzene rings is 1. The minimum atomic E-state index is -0.0839. The van der Waals surface area contributed by atoms with Crippen molar-refractivity contribution in [1.29, 1.82) is 0 Å². The lowest BCUT2D eigenvalue weighted by Gasteiger charge is -2.09. The molecule has 1 amide bonds. The normalized spacial score (nSPS) is 10.4. The van der Waals surface area contributed by atoms with Gasteiger partial charge in [0.2, 0.25) is 0 Å². The molecule has 1 aromatic rings. The topological polar surface area (TPSA) is 41.1 Å². The highest BCUT2D eigenvalue weighted by Crippen LogP contribution is 2.02. The van der Waals surface area contributed by atoms with E-state index in [1.54, 1.807) is 6.07 Å². The van der Waals surface area contributed by atoms with Gasteiger partial charge in [0.1, 0.15) is 0 Å². The molecule has 0 aromatic heterocycles. The SMILES string of the molecule is Cc1cccc(C(=O)NNCC(C)C)c1. The molecule has 3 heteroatoms. The first-order valence-electron chi connectivity index (χ1n) is 5.19. The van der Waals surface area contributed by atoms with Crippen LogP contribution in [-0.4, -0.2) is 12.5 Å². The smallest absolute Gasteiger partial charge is 0.265 e. The zero-order valence-corrected chi connectivity index (χ0v) is 9.50. The molecule has 0 atom stereocenters. The van der Waals surface area contributed by atoms with Crippen molar-refractivity contribution < 1.29 is 4.79 Å². The number of hydrogen-bond donors (Lipinski definition) is 2. The van der Waals surface area contributed by atoms with E-state index in [4.69, 9.17) is 0 Å². The van der Waals surface area contributed by atoms with Gasteiger partial charge in [-0.2, -0.15) is 0 Å². The summed E-state index contributed by atoms with van der Waals surface area (Å²) < 4.78 is 0. The van der Waals surface area contributed by atoms with Crippen LogP contribution in [0.3, 0.4) is 0 Å². The fourth-order valence-corrected chi connectivity index (χ4v) is 1.19. The summed E-state index contributed by atoms with van der Waals surface area (Å²) in [6.07, 6.45) is 0. The van der Waals surface area contributed by atoms with E-state index in [0.29, 0.717) is 11.5 Å². The minimum Gasteiger partial charge on any atom is -0.287 e. The molecule has 82 valence electrons. The molecule has 0 bridgehead atoms. The summed E-state index contributed by atoms with van der Waals surface area (Å²) in [6.45, 7) is 6.92.